The van der Waals surface area contributed by atoms with E-state index in [-0.39, 0.29) is 5.69 Å². The molecule has 1 aliphatic heterocycles. The Morgan fingerprint density at radius 3 is 2.67 bits per heavy atom. The van der Waals surface area contributed by atoms with Gasteiger partial charge in [0.15, 0.2) is 5.69 Å². The molecule has 1 fully saturated rings. The van der Waals surface area contributed by atoms with Crippen molar-refractivity contribution in [1.82, 2.24) is 15.0 Å². The summed E-state index contributed by atoms with van der Waals surface area (Å²) in [6, 6.07) is 8.40. The van der Waals surface area contributed by atoms with Gasteiger partial charge in [-0.25, -0.2) is 14.8 Å². The Labute approximate surface area is 139 Å². The minimum atomic E-state index is -1.05. The molecule has 0 aliphatic carbocycles. The molecule has 0 spiro atoms. The fourth-order valence-corrected chi connectivity index (χ4v) is 3.45. The molecule has 4 rings (SSSR count). The highest BCUT2D eigenvalue weighted by Gasteiger charge is 2.23. The lowest BCUT2D eigenvalue weighted by molar-refractivity contribution is 0.0690. The number of hydrogen-bond acceptors (Lipinski definition) is 4. The van der Waals surface area contributed by atoms with Crippen molar-refractivity contribution >= 4 is 22.7 Å². The standard InChI is InChI=1S/C18H18N4O2/c23-18(24)16-10-21-17(11-20-16)22-7-5-12(6-8-22)14-9-19-15-4-2-1-3-13(14)15/h1-4,9-12,19H,5-8H2,(H,23,24). The van der Waals surface area contributed by atoms with E-state index in [9.17, 15) is 4.79 Å². The third kappa shape index (κ3) is 2.60. The third-order valence-corrected chi connectivity index (χ3v) is 4.74. The van der Waals surface area contributed by atoms with Crippen LogP contribution in [0.5, 0.6) is 0 Å². The van der Waals surface area contributed by atoms with Crippen molar-refractivity contribution in [3.63, 3.8) is 0 Å². The van der Waals surface area contributed by atoms with E-state index >= 15 is 0 Å². The number of para-hydroxylation sites is 1. The molecule has 2 N–H and O–H groups in total. The predicted octanol–water partition coefficient (Wildman–Crippen LogP) is 3.04. The zero-order valence-electron chi connectivity index (χ0n) is 13.1. The summed E-state index contributed by atoms with van der Waals surface area (Å²) < 4.78 is 0. The highest BCUT2D eigenvalue weighted by molar-refractivity contribution is 5.85. The summed E-state index contributed by atoms with van der Waals surface area (Å²) in [7, 11) is 0. The van der Waals surface area contributed by atoms with Gasteiger partial charge in [0.1, 0.15) is 5.82 Å². The molecule has 3 aromatic rings. The number of aromatic nitrogens is 3. The summed E-state index contributed by atoms with van der Waals surface area (Å²) in [5.41, 5.74) is 2.55. The van der Waals surface area contributed by atoms with E-state index in [1.165, 1.54) is 22.7 Å². The van der Waals surface area contributed by atoms with Gasteiger partial charge in [-0.1, -0.05) is 18.2 Å². The van der Waals surface area contributed by atoms with Crippen molar-refractivity contribution in [2.45, 2.75) is 18.8 Å². The van der Waals surface area contributed by atoms with E-state index in [4.69, 9.17) is 5.11 Å². The summed E-state index contributed by atoms with van der Waals surface area (Å²) in [4.78, 5) is 24.6. The number of hydrogen-bond donors (Lipinski definition) is 2. The highest BCUT2D eigenvalue weighted by Crippen LogP contribution is 2.33. The maximum absolute atomic E-state index is 10.9. The number of H-pyrrole nitrogens is 1. The Morgan fingerprint density at radius 1 is 1.17 bits per heavy atom. The average molecular weight is 322 g/mol. The lowest BCUT2D eigenvalue weighted by Gasteiger charge is -2.32. The number of carboxylic acids is 1. The number of aromatic carboxylic acids is 1. The predicted molar refractivity (Wildman–Crippen MR) is 91.5 cm³/mol. The smallest absolute Gasteiger partial charge is 0.356 e. The number of carbonyl (C=O) groups is 1. The largest absolute Gasteiger partial charge is 0.476 e. The van der Waals surface area contributed by atoms with Crippen molar-refractivity contribution in [1.29, 1.82) is 0 Å². The first-order valence-electron chi connectivity index (χ1n) is 8.08. The zero-order valence-corrected chi connectivity index (χ0v) is 13.1. The van der Waals surface area contributed by atoms with E-state index in [2.05, 4.69) is 44.2 Å². The summed E-state index contributed by atoms with van der Waals surface area (Å²) >= 11 is 0. The molecule has 1 saturated heterocycles. The topological polar surface area (TPSA) is 82.1 Å². The second-order valence-electron chi connectivity index (χ2n) is 6.12. The minimum absolute atomic E-state index is 0.0209. The second-order valence-corrected chi connectivity index (χ2v) is 6.12. The molecule has 0 amide bonds. The van der Waals surface area contributed by atoms with Crippen LogP contribution in [0.15, 0.2) is 42.9 Å². The summed E-state index contributed by atoms with van der Waals surface area (Å²) in [5, 5.41) is 10.2. The minimum Gasteiger partial charge on any atom is -0.476 e. The Morgan fingerprint density at radius 2 is 1.96 bits per heavy atom. The van der Waals surface area contributed by atoms with Crippen molar-refractivity contribution in [3.05, 3.63) is 54.1 Å². The van der Waals surface area contributed by atoms with Crippen LogP contribution in [0.3, 0.4) is 0 Å². The summed E-state index contributed by atoms with van der Waals surface area (Å²) in [6.45, 7) is 1.79. The number of carboxylic acid groups (broad SMARTS) is 1. The van der Waals surface area contributed by atoms with Gasteiger partial charge in [0.05, 0.1) is 12.4 Å². The number of nitrogens with one attached hydrogen (secondary N) is 1. The fraction of sp³-hybridized carbons (Fsp3) is 0.278. The van der Waals surface area contributed by atoms with Gasteiger partial charge < -0.3 is 15.0 Å². The van der Waals surface area contributed by atoms with Crippen molar-refractivity contribution in [2.75, 3.05) is 18.0 Å². The third-order valence-electron chi connectivity index (χ3n) is 4.74. The second kappa shape index (κ2) is 5.96. The maximum Gasteiger partial charge on any atom is 0.356 e. The summed E-state index contributed by atoms with van der Waals surface area (Å²) in [6.07, 6.45) is 7.10. The van der Waals surface area contributed by atoms with Crippen molar-refractivity contribution < 1.29 is 9.90 Å². The maximum atomic E-state index is 10.9. The van der Waals surface area contributed by atoms with Crippen LogP contribution in [-0.4, -0.2) is 39.1 Å². The first-order chi connectivity index (χ1) is 11.7. The molecule has 6 nitrogen and oxygen atoms in total. The van der Waals surface area contributed by atoms with Gasteiger partial charge >= 0.3 is 5.97 Å². The Balaban J connectivity index is 1.47. The van der Waals surface area contributed by atoms with Gasteiger partial charge in [-0.05, 0) is 30.4 Å². The molecule has 1 aliphatic rings. The average Bonchev–Trinajstić information content (AvgIpc) is 3.06. The van der Waals surface area contributed by atoms with E-state index < -0.39 is 5.97 Å². The Kier molecular flexibility index (Phi) is 3.65. The van der Waals surface area contributed by atoms with Gasteiger partial charge in [-0.3, -0.25) is 0 Å². The number of benzene rings is 1. The molecule has 3 heterocycles. The molecular weight excluding hydrogens is 304 g/mol. The lowest BCUT2D eigenvalue weighted by atomic mass is 9.89. The Bertz CT molecular complexity index is 864. The lowest BCUT2D eigenvalue weighted by Crippen LogP contribution is -2.33. The normalized spacial score (nSPS) is 15.8. The van der Waals surface area contributed by atoms with Crippen LogP contribution in [0.4, 0.5) is 5.82 Å². The number of nitrogens with zero attached hydrogens (tertiary/aromatic N) is 3. The van der Waals surface area contributed by atoms with Gasteiger partial charge in [0.25, 0.3) is 0 Å². The van der Waals surface area contributed by atoms with E-state index in [1.807, 2.05) is 6.07 Å². The number of aromatic amines is 1. The van der Waals surface area contributed by atoms with Crippen molar-refractivity contribution in [2.24, 2.45) is 0 Å². The fourth-order valence-electron chi connectivity index (χ4n) is 3.45. The molecule has 24 heavy (non-hydrogen) atoms. The first kappa shape index (κ1) is 14.7. The van der Waals surface area contributed by atoms with Crippen LogP contribution in [0, 0.1) is 0 Å². The number of rotatable bonds is 3. The van der Waals surface area contributed by atoms with E-state index in [1.54, 1.807) is 6.20 Å². The number of anilines is 1. The molecule has 0 atom stereocenters. The molecule has 0 unspecified atom stereocenters. The highest BCUT2D eigenvalue weighted by atomic mass is 16.4. The monoisotopic (exact) mass is 322 g/mol. The molecule has 6 heteroatoms. The van der Waals surface area contributed by atoms with Gasteiger partial charge in [0, 0.05) is 30.2 Å². The van der Waals surface area contributed by atoms with E-state index in [0.717, 1.165) is 31.7 Å². The first-order valence-corrected chi connectivity index (χ1v) is 8.08. The molecule has 2 aromatic heterocycles. The van der Waals surface area contributed by atoms with E-state index in [0.29, 0.717) is 5.92 Å². The van der Waals surface area contributed by atoms with Crippen LogP contribution in [-0.2, 0) is 0 Å². The van der Waals surface area contributed by atoms with Gasteiger partial charge in [0.2, 0.25) is 0 Å². The van der Waals surface area contributed by atoms with Crippen LogP contribution < -0.4 is 4.90 Å². The van der Waals surface area contributed by atoms with Crippen LogP contribution in [0.1, 0.15) is 34.8 Å². The van der Waals surface area contributed by atoms with Gasteiger partial charge in [-0.15, -0.1) is 0 Å². The summed E-state index contributed by atoms with van der Waals surface area (Å²) in [5.74, 6) is 0.230. The number of fused-ring (bicyclic) bond motifs is 1. The Hall–Kier alpha value is -2.89. The molecule has 0 bridgehead atoms. The van der Waals surface area contributed by atoms with Crippen LogP contribution >= 0.6 is 0 Å². The molecule has 122 valence electrons. The SMILES string of the molecule is O=C(O)c1cnc(N2CCC(c3c[nH]c4ccccc34)CC2)cn1. The molecule has 1 aromatic carbocycles. The number of piperidine rings is 1. The van der Waals surface area contributed by atoms with Crippen molar-refractivity contribution in [3.8, 4) is 0 Å². The molecule has 0 radical (unpaired) electrons. The van der Waals surface area contributed by atoms with Crippen LogP contribution in [0.2, 0.25) is 0 Å². The quantitative estimate of drug-likeness (QED) is 0.774. The van der Waals surface area contributed by atoms with Crippen LogP contribution in [0.25, 0.3) is 10.9 Å². The molecular formula is C18H18N4O2. The zero-order chi connectivity index (χ0) is 16.5. The molecule has 0 saturated carbocycles. The van der Waals surface area contributed by atoms with Gasteiger partial charge in [-0.2, -0.15) is 0 Å².